The van der Waals surface area contributed by atoms with Crippen LogP contribution in [0, 0.1) is 6.92 Å². The third-order valence-corrected chi connectivity index (χ3v) is 5.49. The molecule has 1 aliphatic heterocycles. The van der Waals surface area contributed by atoms with E-state index in [1.807, 2.05) is 40.7 Å². The molecule has 1 aromatic heterocycles. The minimum absolute atomic E-state index is 0.180. The molecule has 1 amide bonds. The zero-order valence-electron chi connectivity index (χ0n) is 14.9. The fraction of sp³-hybridized carbons (Fsp3) is 0.500. The number of piperidine rings is 1. The first-order valence-electron chi connectivity index (χ1n) is 8.59. The number of aryl methyl sites for hydroxylation is 1. The quantitative estimate of drug-likeness (QED) is 0.767. The highest BCUT2D eigenvalue weighted by Gasteiger charge is 2.24. The van der Waals surface area contributed by atoms with Crippen molar-refractivity contribution in [2.45, 2.75) is 44.3 Å². The average molecular weight is 360 g/mol. The Morgan fingerprint density at radius 3 is 2.72 bits per heavy atom. The van der Waals surface area contributed by atoms with E-state index < -0.39 is 0 Å². The molecule has 0 aliphatic carbocycles. The minimum Gasteiger partial charge on any atom is -0.497 e. The van der Waals surface area contributed by atoms with E-state index in [0.717, 1.165) is 41.8 Å². The SMILES string of the molecule is COc1ccc(-n2c(C)nnc2SCC(=O)N2CCCC[C@H]2C)cc1. The second-order valence-corrected chi connectivity index (χ2v) is 7.23. The first kappa shape index (κ1) is 17.8. The summed E-state index contributed by atoms with van der Waals surface area (Å²) in [6.07, 6.45) is 3.41. The van der Waals surface area contributed by atoms with E-state index in [9.17, 15) is 4.79 Å². The van der Waals surface area contributed by atoms with Crippen molar-refractivity contribution in [2.75, 3.05) is 19.4 Å². The maximum absolute atomic E-state index is 12.6. The van der Waals surface area contributed by atoms with Crippen molar-refractivity contribution in [3.8, 4) is 11.4 Å². The summed E-state index contributed by atoms with van der Waals surface area (Å²) in [5, 5.41) is 9.16. The van der Waals surface area contributed by atoms with Crippen LogP contribution in [0.3, 0.4) is 0 Å². The number of carbonyl (C=O) groups is 1. The molecule has 1 fully saturated rings. The van der Waals surface area contributed by atoms with Gasteiger partial charge in [-0.3, -0.25) is 9.36 Å². The van der Waals surface area contributed by atoms with Crippen molar-refractivity contribution in [2.24, 2.45) is 0 Å². The van der Waals surface area contributed by atoms with Crippen molar-refractivity contribution in [1.82, 2.24) is 19.7 Å². The van der Waals surface area contributed by atoms with Crippen LogP contribution in [-0.4, -0.2) is 51.0 Å². The lowest BCUT2D eigenvalue weighted by atomic mass is 10.0. The molecule has 0 N–H and O–H groups in total. The molecule has 7 heteroatoms. The number of nitrogens with zero attached hydrogens (tertiary/aromatic N) is 4. The summed E-state index contributed by atoms with van der Waals surface area (Å²) in [7, 11) is 1.65. The minimum atomic E-state index is 0.180. The number of amides is 1. The molecule has 1 aromatic carbocycles. The molecule has 1 saturated heterocycles. The van der Waals surface area contributed by atoms with Crippen molar-refractivity contribution in [3.63, 3.8) is 0 Å². The second-order valence-electron chi connectivity index (χ2n) is 6.28. The van der Waals surface area contributed by atoms with Gasteiger partial charge in [-0.2, -0.15) is 0 Å². The van der Waals surface area contributed by atoms with Crippen LogP contribution in [0.2, 0.25) is 0 Å². The van der Waals surface area contributed by atoms with Crippen molar-refractivity contribution in [3.05, 3.63) is 30.1 Å². The van der Waals surface area contributed by atoms with E-state index in [4.69, 9.17) is 4.74 Å². The van der Waals surface area contributed by atoms with Gasteiger partial charge in [0, 0.05) is 18.3 Å². The maximum Gasteiger partial charge on any atom is 0.233 e. The molecule has 3 rings (SSSR count). The fourth-order valence-corrected chi connectivity index (χ4v) is 4.03. The topological polar surface area (TPSA) is 60.2 Å². The molecule has 0 bridgehead atoms. The van der Waals surface area contributed by atoms with Gasteiger partial charge >= 0.3 is 0 Å². The Hall–Kier alpha value is -2.02. The van der Waals surface area contributed by atoms with E-state index in [-0.39, 0.29) is 5.91 Å². The van der Waals surface area contributed by atoms with Crippen LogP contribution in [0.5, 0.6) is 5.75 Å². The molecule has 0 unspecified atom stereocenters. The largest absolute Gasteiger partial charge is 0.497 e. The summed E-state index contributed by atoms with van der Waals surface area (Å²) in [6, 6.07) is 8.08. The van der Waals surface area contributed by atoms with Crippen molar-refractivity contribution in [1.29, 1.82) is 0 Å². The Morgan fingerprint density at radius 2 is 2.04 bits per heavy atom. The maximum atomic E-state index is 12.6. The highest BCUT2D eigenvalue weighted by Crippen LogP contribution is 2.25. The number of benzene rings is 1. The Kier molecular flexibility index (Phi) is 5.63. The lowest BCUT2D eigenvalue weighted by Crippen LogP contribution is -2.42. The molecule has 134 valence electrons. The first-order valence-corrected chi connectivity index (χ1v) is 9.57. The number of methoxy groups -OCH3 is 1. The Labute approximate surface area is 152 Å². The van der Waals surface area contributed by atoms with Crippen molar-refractivity contribution >= 4 is 17.7 Å². The summed E-state index contributed by atoms with van der Waals surface area (Å²) in [5.41, 5.74) is 0.963. The standard InChI is InChI=1S/C18H24N4O2S/c1-13-6-4-5-11-21(13)17(23)12-25-18-20-19-14(2)22(18)15-7-9-16(24-3)10-8-15/h7-10,13H,4-6,11-12H2,1-3H3/t13-/m1/s1. The third-order valence-electron chi connectivity index (χ3n) is 4.57. The van der Waals surface area contributed by atoms with E-state index in [0.29, 0.717) is 11.8 Å². The lowest BCUT2D eigenvalue weighted by Gasteiger charge is -2.33. The summed E-state index contributed by atoms with van der Waals surface area (Å²) >= 11 is 1.44. The fourth-order valence-electron chi connectivity index (χ4n) is 3.14. The lowest BCUT2D eigenvalue weighted by molar-refractivity contribution is -0.131. The van der Waals surface area contributed by atoms with Gasteiger partial charge in [0.05, 0.1) is 12.9 Å². The molecule has 25 heavy (non-hydrogen) atoms. The van der Waals surface area contributed by atoms with Crippen LogP contribution in [0.4, 0.5) is 0 Å². The molecule has 0 saturated carbocycles. The van der Waals surface area contributed by atoms with Gasteiger partial charge in [-0.05, 0) is 57.4 Å². The van der Waals surface area contributed by atoms with E-state index in [1.165, 1.54) is 18.2 Å². The average Bonchev–Trinajstić information content (AvgIpc) is 3.00. The Bertz CT molecular complexity index is 729. The van der Waals surface area contributed by atoms with E-state index in [1.54, 1.807) is 7.11 Å². The van der Waals surface area contributed by atoms with Gasteiger partial charge in [-0.25, -0.2) is 0 Å². The predicted octanol–water partition coefficient (Wildman–Crippen LogP) is 3.08. The Balaban J connectivity index is 1.72. The number of thioether (sulfide) groups is 1. The number of ether oxygens (including phenoxy) is 1. The van der Waals surface area contributed by atoms with Crippen LogP contribution < -0.4 is 4.74 Å². The molecule has 1 aliphatic rings. The highest BCUT2D eigenvalue weighted by molar-refractivity contribution is 7.99. The highest BCUT2D eigenvalue weighted by atomic mass is 32.2. The predicted molar refractivity (Wildman–Crippen MR) is 98.4 cm³/mol. The van der Waals surface area contributed by atoms with Crippen LogP contribution in [0.1, 0.15) is 32.0 Å². The molecule has 2 heterocycles. The van der Waals surface area contributed by atoms with Crippen LogP contribution in [0.25, 0.3) is 5.69 Å². The van der Waals surface area contributed by atoms with Gasteiger partial charge in [-0.1, -0.05) is 11.8 Å². The van der Waals surface area contributed by atoms with Crippen molar-refractivity contribution < 1.29 is 9.53 Å². The molecule has 0 spiro atoms. The monoisotopic (exact) mass is 360 g/mol. The van der Waals surface area contributed by atoms with E-state index in [2.05, 4.69) is 17.1 Å². The molecule has 6 nitrogen and oxygen atoms in total. The number of likely N-dealkylation sites (tertiary alicyclic amines) is 1. The van der Waals surface area contributed by atoms with Gasteiger partial charge < -0.3 is 9.64 Å². The van der Waals surface area contributed by atoms with E-state index >= 15 is 0 Å². The van der Waals surface area contributed by atoms with Gasteiger partial charge in [0.1, 0.15) is 11.6 Å². The number of hydrogen-bond acceptors (Lipinski definition) is 5. The van der Waals surface area contributed by atoms with Gasteiger partial charge in [0.2, 0.25) is 5.91 Å². The van der Waals surface area contributed by atoms with Crippen LogP contribution >= 0.6 is 11.8 Å². The summed E-state index contributed by atoms with van der Waals surface area (Å²) < 4.78 is 7.18. The molecule has 1 atom stereocenters. The van der Waals surface area contributed by atoms with Crippen LogP contribution in [-0.2, 0) is 4.79 Å². The zero-order valence-corrected chi connectivity index (χ0v) is 15.8. The molecule has 0 radical (unpaired) electrons. The smallest absolute Gasteiger partial charge is 0.233 e. The number of hydrogen-bond donors (Lipinski definition) is 0. The molecular formula is C18H24N4O2S. The molecule has 2 aromatic rings. The van der Waals surface area contributed by atoms with Gasteiger partial charge in [-0.15, -0.1) is 10.2 Å². The Morgan fingerprint density at radius 1 is 1.28 bits per heavy atom. The summed E-state index contributed by atoms with van der Waals surface area (Å²) in [6.45, 7) is 4.91. The second kappa shape index (κ2) is 7.91. The van der Waals surface area contributed by atoms with Crippen LogP contribution in [0.15, 0.2) is 29.4 Å². The van der Waals surface area contributed by atoms with Gasteiger partial charge in [0.15, 0.2) is 5.16 Å². The number of rotatable bonds is 5. The number of aromatic nitrogens is 3. The molecular weight excluding hydrogens is 336 g/mol. The first-order chi connectivity index (χ1) is 12.1. The zero-order chi connectivity index (χ0) is 17.8. The normalized spacial score (nSPS) is 17.6. The van der Waals surface area contributed by atoms with Gasteiger partial charge in [0.25, 0.3) is 0 Å². The summed E-state index contributed by atoms with van der Waals surface area (Å²) in [4.78, 5) is 14.5. The summed E-state index contributed by atoms with van der Waals surface area (Å²) in [5.74, 6) is 2.17. The number of carbonyl (C=O) groups excluding carboxylic acids is 1. The third kappa shape index (κ3) is 3.98.